The molecule has 0 bridgehead atoms. The van der Waals surface area contributed by atoms with Crippen LogP contribution in [0.4, 0.5) is 5.13 Å². The number of rotatable bonds is 8. The Labute approximate surface area is 162 Å². The van der Waals surface area contributed by atoms with E-state index in [0.29, 0.717) is 24.1 Å². The van der Waals surface area contributed by atoms with Crippen LogP contribution in [0.25, 0.3) is 11.0 Å². The molecule has 0 unspecified atom stereocenters. The van der Waals surface area contributed by atoms with E-state index in [9.17, 15) is 9.59 Å². The summed E-state index contributed by atoms with van der Waals surface area (Å²) >= 11 is 1.43. The Kier molecular flexibility index (Phi) is 6.05. The standard InChI is InChI=1S/C19H25N5O2S/c1-4-13(5-2)17-21-22-18(27-17)20-16(25)11-12-24-15-10-8-7-9-14(15)23(6-3)19(24)26/h7-10,13H,4-6,11-12H2,1-3H3,(H,20,22,25). The molecule has 7 nitrogen and oxygen atoms in total. The number of nitrogens with one attached hydrogen (secondary N) is 1. The maximum atomic E-state index is 12.6. The van der Waals surface area contributed by atoms with Gasteiger partial charge >= 0.3 is 5.69 Å². The van der Waals surface area contributed by atoms with E-state index in [0.717, 1.165) is 28.9 Å². The molecule has 0 saturated carbocycles. The quantitative estimate of drug-likeness (QED) is 0.640. The van der Waals surface area contributed by atoms with Crippen LogP contribution in [0.5, 0.6) is 0 Å². The molecule has 0 spiro atoms. The van der Waals surface area contributed by atoms with Crippen LogP contribution in [0.1, 0.15) is 51.0 Å². The molecule has 144 valence electrons. The van der Waals surface area contributed by atoms with Crippen LogP contribution in [0, 0.1) is 0 Å². The number of imidazole rings is 1. The highest BCUT2D eigenvalue weighted by atomic mass is 32.1. The Morgan fingerprint density at radius 3 is 2.41 bits per heavy atom. The molecule has 1 amide bonds. The van der Waals surface area contributed by atoms with E-state index in [2.05, 4.69) is 29.4 Å². The summed E-state index contributed by atoms with van der Waals surface area (Å²) in [5, 5.41) is 12.6. The third kappa shape index (κ3) is 3.95. The van der Waals surface area contributed by atoms with Gasteiger partial charge in [-0.1, -0.05) is 37.3 Å². The molecular formula is C19H25N5O2S. The van der Waals surface area contributed by atoms with Crippen LogP contribution in [-0.4, -0.2) is 25.2 Å². The van der Waals surface area contributed by atoms with E-state index >= 15 is 0 Å². The van der Waals surface area contributed by atoms with Crippen LogP contribution in [0.15, 0.2) is 29.1 Å². The van der Waals surface area contributed by atoms with Crippen molar-refractivity contribution in [2.75, 3.05) is 5.32 Å². The zero-order chi connectivity index (χ0) is 19.4. The predicted molar refractivity (Wildman–Crippen MR) is 108 cm³/mol. The van der Waals surface area contributed by atoms with Crippen molar-refractivity contribution in [1.29, 1.82) is 0 Å². The van der Waals surface area contributed by atoms with Gasteiger partial charge in [0.2, 0.25) is 11.0 Å². The third-order valence-corrected chi connectivity index (χ3v) is 5.83. The smallest absolute Gasteiger partial charge is 0.300 e. The molecule has 0 aliphatic heterocycles. The average molecular weight is 388 g/mol. The lowest BCUT2D eigenvalue weighted by Gasteiger charge is -2.06. The fourth-order valence-corrected chi connectivity index (χ4v) is 4.30. The second-order valence-corrected chi connectivity index (χ2v) is 7.43. The molecule has 1 aromatic carbocycles. The predicted octanol–water partition coefficient (Wildman–Crippen LogP) is 3.61. The first kappa shape index (κ1) is 19.3. The molecule has 1 N–H and O–H groups in total. The number of amides is 1. The second-order valence-electron chi connectivity index (χ2n) is 6.42. The number of anilines is 1. The molecule has 3 aromatic rings. The van der Waals surface area contributed by atoms with Gasteiger partial charge in [-0.2, -0.15) is 0 Å². The van der Waals surface area contributed by atoms with Gasteiger partial charge in [0, 0.05) is 25.4 Å². The first-order chi connectivity index (χ1) is 13.1. The highest BCUT2D eigenvalue weighted by Gasteiger charge is 2.16. The summed E-state index contributed by atoms with van der Waals surface area (Å²) in [6.07, 6.45) is 2.21. The normalized spacial score (nSPS) is 11.4. The second kappa shape index (κ2) is 8.47. The molecule has 0 aliphatic carbocycles. The molecule has 0 radical (unpaired) electrons. The Bertz CT molecular complexity index is 984. The Balaban J connectivity index is 1.69. The first-order valence-corrected chi connectivity index (χ1v) is 10.2. The number of aryl methyl sites for hydroxylation is 2. The number of carbonyl (C=O) groups is 1. The molecule has 27 heavy (non-hydrogen) atoms. The maximum absolute atomic E-state index is 12.6. The van der Waals surface area contributed by atoms with E-state index in [1.165, 1.54) is 11.3 Å². The fraction of sp³-hybridized carbons (Fsp3) is 0.474. The van der Waals surface area contributed by atoms with E-state index in [1.54, 1.807) is 9.13 Å². The van der Waals surface area contributed by atoms with Crippen LogP contribution in [-0.2, 0) is 17.9 Å². The summed E-state index contributed by atoms with van der Waals surface area (Å²) in [5.41, 5.74) is 1.66. The van der Waals surface area contributed by atoms with Gasteiger partial charge in [-0.05, 0) is 31.9 Å². The van der Waals surface area contributed by atoms with Gasteiger partial charge in [-0.25, -0.2) is 4.79 Å². The number of carbonyl (C=O) groups excluding carboxylic acids is 1. The van der Waals surface area contributed by atoms with Gasteiger partial charge in [0.05, 0.1) is 11.0 Å². The fourth-order valence-electron chi connectivity index (χ4n) is 3.28. The van der Waals surface area contributed by atoms with Gasteiger partial charge in [0.15, 0.2) is 0 Å². The average Bonchev–Trinajstić information content (AvgIpc) is 3.23. The van der Waals surface area contributed by atoms with Gasteiger partial charge < -0.3 is 5.32 Å². The Morgan fingerprint density at radius 2 is 1.78 bits per heavy atom. The summed E-state index contributed by atoms with van der Waals surface area (Å²) in [5.74, 6) is 0.217. The van der Waals surface area contributed by atoms with Crippen LogP contribution in [0.3, 0.4) is 0 Å². The van der Waals surface area contributed by atoms with E-state index in [-0.39, 0.29) is 18.0 Å². The lowest BCUT2D eigenvalue weighted by atomic mass is 10.1. The Morgan fingerprint density at radius 1 is 1.11 bits per heavy atom. The summed E-state index contributed by atoms with van der Waals surface area (Å²) < 4.78 is 3.38. The van der Waals surface area contributed by atoms with Gasteiger partial charge in [-0.15, -0.1) is 10.2 Å². The van der Waals surface area contributed by atoms with E-state index in [4.69, 9.17) is 0 Å². The SMILES string of the molecule is CCC(CC)c1nnc(NC(=O)CCn2c(=O)n(CC)c3ccccc32)s1. The van der Waals surface area contributed by atoms with Crippen molar-refractivity contribution in [3.63, 3.8) is 0 Å². The molecule has 0 atom stereocenters. The maximum Gasteiger partial charge on any atom is 0.329 e. The van der Waals surface area contributed by atoms with Crippen molar-refractivity contribution in [3.05, 3.63) is 39.8 Å². The zero-order valence-corrected chi connectivity index (χ0v) is 16.8. The molecular weight excluding hydrogens is 362 g/mol. The summed E-state index contributed by atoms with van der Waals surface area (Å²) in [6, 6.07) is 7.65. The number of para-hydroxylation sites is 2. The van der Waals surface area contributed by atoms with Crippen molar-refractivity contribution in [2.24, 2.45) is 0 Å². The monoisotopic (exact) mass is 387 g/mol. The summed E-state index contributed by atoms with van der Waals surface area (Å²) in [4.78, 5) is 24.9. The highest BCUT2D eigenvalue weighted by molar-refractivity contribution is 7.15. The first-order valence-electron chi connectivity index (χ1n) is 9.40. The number of hydrogen-bond acceptors (Lipinski definition) is 5. The molecule has 8 heteroatoms. The molecule has 2 aromatic heterocycles. The topological polar surface area (TPSA) is 81.8 Å². The van der Waals surface area contributed by atoms with Crippen molar-refractivity contribution >= 4 is 33.4 Å². The van der Waals surface area contributed by atoms with Gasteiger partial charge in [0.25, 0.3) is 0 Å². The van der Waals surface area contributed by atoms with Crippen LogP contribution >= 0.6 is 11.3 Å². The number of hydrogen-bond donors (Lipinski definition) is 1. The Hall–Kier alpha value is -2.48. The number of benzene rings is 1. The van der Waals surface area contributed by atoms with Crippen molar-refractivity contribution in [1.82, 2.24) is 19.3 Å². The molecule has 2 heterocycles. The lowest BCUT2D eigenvalue weighted by Crippen LogP contribution is -2.25. The minimum atomic E-state index is -0.164. The summed E-state index contributed by atoms with van der Waals surface area (Å²) in [7, 11) is 0. The minimum absolute atomic E-state index is 0.0848. The number of fused-ring (bicyclic) bond motifs is 1. The van der Waals surface area contributed by atoms with E-state index in [1.807, 2.05) is 31.2 Å². The van der Waals surface area contributed by atoms with Crippen LogP contribution < -0.4 is 11.0 Å². The minimum Gasteiger partial charge on any atom is -0.300 e. The lowest BCUT2D eigenvalue weighted by molar-refractivity contribution is -0.116. The van der Waals surface area contributed by atoms with Crippen molar-refractivity contribution < 1.29 is 4.79 Å². The molecule has 0 fully saturated rings. The molecule has 0 aliphatic rings. The molecule has 0 saturated heterocycles. The van der Waals surface area contributed by atoms with Crippen molar-refractivity contribution in [3.8, 4) is 0 Å². The largest absolute Gasteiger partial charge is 0.329 e. The third-order valence-electron chi connectivity index (χ3n) is 4.83. The molecule has 3 rings (SSSR count). The highest BCUT2D eigenvalue weighted by Crippen LogP contribution is 2.28. The van der Waals surface area contributed by atoms with Crippen molar-refractivity contribution in [2.45, 2.75) is 59.0 Å². The zero-order valence-electron chi connectivity index (χ0n) is 15.9. The van der Waals surface area contributed by atoms with E-state index < -0.39 is 0 Å². The number of aromatic nitrogens is 4. The number of nitrogens with zero attached hydrogens (tertiary/aromatic N) is 4. The van der Waals surface area contributed by atoms with Gasteiger partial charge in [0.1, 0.15) is 5.01 Å². The van der Waals surface area contributed by atoms with Gasteiger partial charge in [-0.3, -0.25) is 13.9 Å². The van der Waals surface area contributed by atoms with Crippen LogP contribution in [0.2, 0.25) is 0 Å². The summed E-state index contributed by atoms with van der Waals surface area (Å²) in [6.45, 7) is 7.12.